The summed E-state index contributed by atoms with van der Waals surface area (Å²) in [6.45, 7) is 2.08. The highest BCUT2D eigenvalue weighted by Gasteiger charge is 2.36. The fraction of sp³-hybridized carbons (Fsp3) is 0.600. The number of aryl methyl sites for hydroxylation is 2. The molecule has 0 fully saturated rings. The molecule has 1 aliphatic carbocycles. The smallest absolute Gasteiger partial charge is 0.327 e. The summed E-state index contributed by atoms with van der Waals surface area (Å²) in [5.74, 6) is 0.244. The predicted octanol–water partition coefficient (Wildman–Crippen LogP) is 2.61. The first-order valence-electron chi connectivity index (χ1n) is 7.61. The zero-order chi connectivity index (χ0) is 16.9. The summed E-state index contributed by atoms with van der Waals surface area (Å²) in [4.78, 5) is 0. The molecule has 3 rings (SSSR count). The van der Waals surface area contributed by atoms with Crippen molar-refractivity contribution in [2.45, 2.75) is 44.3 Å². The lowest BCUT2D eigenvalue weighted by Crippen LogP contribution is -2.22. The molecule has 0 spiro atoms. The fourth-order valence-corrected chi connectivity index (χ4v) is 3.30. The minimum atomic E-state index is -4.46. The quantitative estimate of drug-likeness (QED) is 0.819. The van der Waals surface area contributed by atoms with Crippen LogP contribution in [0, 0.1) is 0 Å². The summed E-state index contributed by atoms with van der Waals surface area (Å²) in [5, 5.41) is 8.16. The molecular formula is C15H20F3N5. The number of nitrogens with zero attached hydrogens (tertiary/aromatic N) is 4. The van der Waals surface area contributed by atoms with Gasteiger partial charge in [-0.05, 0) is 25.3 Å². The van der Waals surface area contributed by atoms with E-state index >= 15 is 0 Å². The van der Waals surface area contributed by atoms with Crippen LogP contribution in [0.4, 0.5) is 13.2 Å². The van der Waals surface area contributed by atoms with Gasteiger partial charge in [-0.1, -0.05) is 6.92 Å². The van der Waals surface area contributed by atoms with Crippen LogP contribution in [0.1, 0.15) is 42.6 Å². The molecule has 0 radical (unpaired) electrons. The normalized spacial score (nSPS) is 22.0. The second-order valence-electron chi connectivity index (χ2n) is 6.31. The second kappa shape index (κ2) is 5.36. The van der Waals surface area contributed by atoms with E-state index in [1.165, 1.54) is 11.7 Å². The highest BCUT2D eigenvalue weighted by molar-refractivity contribution is 5.63. The molecule has 1 aliphatic rings. The van der Waals surface area contributed by atoms with Crippen LogP contribution in [0.3, 0.4) is 0 Å². The van der Waals surface area contributed by atoms with Crippen LogP contribution < -0.4 is 5.73 Å². The third kappa shape index (κ3) is 2.75. The average molecular weight is 327 g/mol. The lowest BCUT2D eigenvalue weighted by molar-refractivity contribution is -0.141. The Balaban J connectivity index is 2.16. The van der Waals surface area contributed by atoms with Crippen LogP contribution in [-0.2, 0) is 26.7 Å². The predicted molar refractivity (Wildman–Crippen MR) is 79.7 cm³/mol. The van der Waals surface area contributed by atoms with Gasteiger partial charge in [0.1, 0.15) is 0 Å². The topological polar surface area (TPSA) is 61.7 Å². The van der Waals surface area contributed by atoms with Crippen LogP contribution in [0.2, 0.25) is 0 Å². The van der Waals surface area contributed by atoms with E-state index in [0.29, 0.717) is 17.8 Å². The number of fused-ring (bicyclic) bond motifs is 1. The maximum absolute atomic E-state index is 12.9. The van der Waals surface area contributed by atoms with Gasteiger partial charge in [0, 0.05) is 31.6 Å². The van der Waals surface area contributed by atoms with Crippen LogP contribution >= 0.6 is 0 Å². The summed E-state index contributed by atoms with van der Waals surface area (Å²) >= 11 is 0. The second-order valence-corrected chi connectivity index (χ2v) is 6.31. The monoisotopic (exact) mass is 327 g/mol. The Labute approximate surface area is 132 Å². The van der Waals surface area contributed by atoms with E-state index in [1.807, 2.05) is 0 Å². The molecule has 0 unspecified atom stereocenters. The third-order valence-corrected chi connectivity index (χ3v) is 4.49. The molecule has 2 aromatic heterocycles. The Morgan fingerprint density at radius 1 is 1.17 bits per heavy atom. The van der Waals surface area contributed by atoms with Crippen LogP contribution in [0.25, 0.3) is 11.4 Å². The van der Waals surface area contributed by atoms with Crippen molar-refractivity contribution in [2.24, 2.45) is 19.8 Å². The van der Waals surface area contributed by atoms with E-state index < -0.39 is 11.9 Å². The Morgan fingerprint density at radius 2 is 1.87 bits per heavy atom. The van der Waals surface area contributed by atoms with Gasteiger partial charge in [0.25, 0.3) is 0 Å². The maximum Gasteiger partial charge on any atom is 0.435 e. The summed E-state index contributed by atoms with van der Waals surface area (Å²) in [5.41, 5.74) is 8.22. The van der Waals surface area contributed by atoms with E-state index in [0.717, 1.165) is 30.2 Å². The molecule has 8 heteroatoms. The highest BCUT2D eigenvalue weighted by Crippen LogP contribution is 2.37. The number of rotatable bonds is 1. The molecule has 23 heavy (non-hydrogen) atoms. The van der Waals surface area contributed by atoms with Gasteiger partial charge in [-0.2, -0.15) is 23.4 Å². The maximum atomic E-state index is 12.9. The molecule has 2 aromatic rings. The molecule has 0 saturated heterocycles. The molecule has 0 aliphatic heterocycles. The number of halogens is 3. The van der Waals surface area contributed by atoms with Crippen molar-refractivity contribution in [2.75, 3.05) is 0 Å². The standard InChI is InChI=1S/C15H20F3N5/c1-8-4-5-9(19)6-10-13(8)21-23(3)14(10)11-7-12(15(16,17)18)20-22(11)2/h7-9H,4-6,19H2,1-3H3/t8-,9+/m0/s1. The van der Waals surface area contributed by atoms with E-state index in [1.54, 1.807) is 11.7 Å². The van der Waals surface area contributed by atoms with E-state index in [4.69, 9.17) is 5.73 Å². The molecule has 5 nitrogen and oxygen atoms in total. The summed E-state index contributed by atoms with van der Waals surface area (Å²) in [7, 11) is 3.27. The zero-order valence-corrected chi connectivity index (χ0v) is 13.4. The lowest BCUT2D eigenvalue weighted by Gasteiger charge is -2.10. The first-order valence-corrected chi connectivity index (χ1v) is 7.61. The Kier molecular flexibility index (Phi) is 3.74. The minimum Gasteiger partial charge on any atom is -0.327 e. The lowest BCUT2D eigenvalue weighted by atomic mass is 9.99. The molecular weight excluding hydrogens is 307 g/mol. The average Bonchev–Trinajstić information content (AvgIpc) is 2.92. The Morgan fingerprint density at radius 3 is 2.48 bits per heavy atom. The first kappa shape index (κ1) is 16.0. The summed E-state index contributed by atoms with van der Waals surface area (Å²) < 4.78 is 41.7. The van der Waals surface area contributed by atoms with Gasteiger partial charge < -0.3 is 5.73 Å². The molecule has 126 valence electrons. The van der Waals surface area contributed by atoms with Gasteiger partial charge in [0.2, 0.25) is 0 Å². The van der Waals surface area contributed by atoms with E-state index in [9.17, 15) is 13.2 Å². The number of aromatic nitrogens is 4. The van der Waals surface area contributed by atoms with Crippen molar-refractivity contribution in [3.63, 3.8) is 0 Å². The number of hydrogen-bond acceptors (Lipinski definition) is 3. The summed E-state index contributed by atoms with van der Waals surface area (Å²) in [6.07, 6.45) is -2.02. The molecule has 0 aromatic carbocycles. The minimum absolute atomic E-state index is 0.00281. The number of nitrogens with two attached hydrogens (primary N) is 1. The Bertz CT molecular complexity index is 728. The number of alkyl halides is 3. The molecule has 0 saturated carbocycles. The molecule has 0 bridgehead atoms. The Hall–Kier alpha value is -1.83. The zero-order valence-electron chi connectivity index (χ0n) is 13.4. The molecule has 2 N–H and O–H groups in total. The van der Waals surface area contributed by atoms with Gasteiger partial charge in [-0.3, -0.25) is 9.36 Å². The summed E-state index contributed by atoms with van der Waals surface area (Å²) in [6, 6.07) is 1.08. The van der Waals surface area contributed by atoms with Crippen molar-refractivity contribution in [3.05, 3.63) is 23.0 Å². The van der Waals surface area contributed by atoms with Gasteiger partial charge in [-0.15, -0.1) is 0 Å². The van der Waals surface area contributed by atoms with Crippen molar-refractivity contribution < 1.29 is 13.2 Å². The van der Waals surface area contributed by atoms with Gasteiger partial charge in [-0.25, -0.2) is 0 Å². The van der Waals surface area contributed by atoms with E-state index in [2.05, 4.69) is 17.1 Å². The first-order chi connectivity index (χ1) is 10.7. The van der Waals surface area contributed by atoms with Crippen molar-refractivity contribution >= 4 is 0 Å². The van der Waals surface area contributed by atoms with Crippen molar-refractivity contribution in [1.29, 1.82) is 0 Å². The SMILES string of the molecule is C[C@H]1CC[C@@H](N)Cc2c1nn(C)c2-c1cc(C(F)(F)F)nn1C. The molecule has 2 heterocycles. The van der Waals surface area contributed by atoms with Crippen LogP contribution in [0.5, 0.6) is 0 Å². The van der Waals surface area contributed by atoms with Crippen LogP contribution in [0.15, 0.2) is 6.07 Å². The number of hydrogen-bond donors (Lipinski definition) is 1. The van der Waals surface area contributed by atoms with Gasteiger partial charge in [0.05, 0.1) is 17.1 Å². The van der Waals surface area contributed by atoms with Gasteiger partial charge >= 0.3 is 6.18 Å². The van der Waals surface area contributed by atoms with Crippen molar-refractivity contribution in [3.8, 4) is 11.4 Å². The highest BCUT2D eigenvalue weighted by atomic mass is 19.4. The van der Waals surface area contributed by atoms with Gasteiger partial charge in [0.15, 0.2) is 5.69 Å². The molecule has 2 atom stereocenters. The molecule has 0 amide bonds. The third-order valence-electron chi connectivity index (χ3n) is 4.49. The van der Waals surface area contributed by atoms with E-state index in [-0.39, 0.29) is 12.0 Å². The largest absolute Gasteiger partial charge is 0.435 e. The fourth-order valence-electron chi connectivity index (χ4n) is 3.30. The van der Waals surface area contributed by atoms with Crippen LogP contribution in [-0.4, -0.2) is 25.6 Å². The van der Waals surface area contributed by atoms with Crippen molar-refractivity contribution in [1.82, 2.24) is 19.6 Å².